The van der Waals surface area contributed by atoms with Gasteiger partial charge >= 0.3 is 0 Å². The van der Waals surface area contributed by atoms with E-state index in [1.165, 1.54) is 25.7 Å². The van der Waals surface area contributed by atoms with Crippen molar-refractivity contribution in [2.75, 3.05) is 19.6 Å². The van der Waals surface area contributed by atoms with Gasteiger partial charge in [0, 0.05) is 22.6 Å². The second-order valence-corrected chi connectivity index (χ2v) is 6.53. The average Bonchev–Trinajstić information content (AvgIpc) is 2.44. The molecule has 2 rings (SSSR count). The second-order valence-electron chi connectivity index (χ2n) is 5.69. The smallest absolute Gasteiger partial charge is 0.0485 e. The lowest BCUT2D eigenvalue weighted by Gasteiger charge is -2.37. The highest BCUT2D eigenvalue weighted by molar-refractivity contribution is 6.35. The third-order valence-electron chi connectivity index (χ3n) is 4.33. The first-order valence-electron chi connectivity index (χ1n) is 7.54. The number of hydrogen-bond donors (Lipinski definition) is 1. The van der Waals surface area contributed by atoms with E-state index in [0.717, 1.165) is 29.6 Å². The van der Waals surface area contributed by atoms with E-state index in [0.29, 0.717) is 11.6 Å². The molecule has 1 atom stereocenters. The summed E-state index contributed by atoms with van der Waals surface area (Å²) < 4.78 is 0. The van der Waals surface area contributed by atoms with Crippen LogP contribution in [0.2, 0.25) is 10.0 Å². The highest BCUT2D eigenvalue weighted by Crippen LogP contribution is 2.32. The van der Waals surface area contributed by atoms with Gasteiger partial charge in [0.15, 0.2) is 0 Å². The lowest BCUT2D eigenvalue weighted by atomic mass is 9.91. The molecule has 0 radical (unpaired) electrons. The predicted octanol–water partition coefficient (Wildman–Crippen LogP) is 4.51. The molecule has 1 aliphatic rings. The molecule has 0 saturated carbocycles. The molecule has 1 saturated heterocycles. The SMILES string of the molecule is CCCC1CCN(C(CN)c2ccc(Cl)cc2Cl)CC1. The van der Waals surface area contributed by atoms with E-state index >= 15 is 0 Å². The van der Waals surface area contributed by atoms with Crippen molar-refractivity contribution in [2.45, 2.75) is 38.6 Å². The molecule has 1 aromatic rings. The van der Waals surface area contributed by atoms with Crippen molar-refractivity contribution in [1.82, 2.24) is 4.90 Å². The molecular weight excluding hydrogens is 291 g/mol. The van der Waals surface area contributed by atoms with E-state index in [-0.39, 0.29) is 6.04 Å². The van der Waals surface area contributed by atoms with Gasteiger partial charge in [-0.2, -0.15) is 0 Å². The van der Waals surface area contributed by atoms with Crippen LogP contribution in [0.4, 0.5) is 0 Å². The van der Waals surface area contributed by atoms with Crippen LogP contribution in [0.15, 0.2) is 18.2 Å². The summed E-state index contributed by atoms with van der Waals surface area (Å²) in [6, 6.07) is 5.93. The van der Waals surface area contributed by atoms with Crippen molar-refractivity contribution in [1.29, 1.82) is 0 Å². The molecule has 0 spiro atoms. The fraction of sp³-hybridized carbons (Fsp3) is 0.625. The molecule has 0 bridgehead atoms. The molecule has 0 aliphatic carbocycles. The first-order valence-corrected chi connectivity index (χ1v) is 8.30. The first kappa shape index (κ1) is 16.1. The van der Waals surface area contributed by atoms with Crippen molar-refractivity contribution < 1.29 is 0 Å². The van der Waals surface area contributed by atoms with Crippen LogP contribution in [0, 0.1) is 5.92 Å². The minimum absolute atomic E-state index is 0.211. The lowest BCUT2D eigenvalue weighted by molar-refractivity contribution is 0.132. The fourth-order valence-electron chi connectivity index (χ4n) is 3.21. The Morgan fingerprint density at radius 3 is 2.55 bits per heavy atom. The van der Waals surface area contributed by atoms with Gasteiger partial charge in [0.05, 0.1) is 0 Å². The van der Waals surface area contributed by atoms with Gasteiger partial charge in [-0.15, -0.1) is 0 Å². The summed E-state index contributed by atoms with van der Waals surface area (Å²) in [5.41, 5.74) is 7.11. The molecule has 1 heterocycles. The molecular formula is C16H24Cl2N2. The Kier molecular flexibility index (Phi) is 6.16. The molecule has 1 aliphatic heterocycles. The Hall–Kier alpha value is -0.280. The molecule has 2 nitrogen and oxygen atoms in total. The Balaban J connectivity index is 2.05. The minimum Gasteiger partial charge on any atom is -0.329 e. The monoisotopic (exact) mass is 314 g/mol. The summed E-state index contributed by atoms with van der Waals surface area (Å²) in [7, 11) is 0. The van der Waals surface area contributed by atoms with Crippen molar-refractivity contribution >= 4 is 23.2 Å². The zero-order chi connectivity index (χ0) is 14.5. The average molecular weight is 315 g/mol. The van der Waals surface area contributed by atoms with Crippen molar-refractivity contribution in [3.8, 4) is 0 Å². The standard InChI is InChI=1S/C16H24Cl2N2/c1-2-3-12-6-8-20(9-7-12)16(11-19)14-5-4-13(17)10-15(14)18/h4-5,10,12,16H,2-3,6-9,11,19H2,1H3. The number of rotatable bonds is 5. The van der Waals surface area contributed by atoms with Crippen LogP contribution in [0.5, 0.6) is 0 Å². The maximum atomic E-state index is 6.33. The van der Waals surface area contributed by atoms with E-state index in [1.54, 1.807) is 0 Å². The normalized spacial score (nSPS) is 19.2. The number of piperidine rings is 1. The quantitative estimate of drug-likeness (QED) is 0.866. The summed E-state index contributed by atoms with van der Waals surface area (Å²) in [4.78, 5) is 2.47. The number of likely N-dealkylation sites (tertiary alicyclic amines) is 1. The number of hydrogen-bond acceptors (Lipinski definition) is 2. The largest absolute Gasteiger partial charge is 0.329 e. The van der Waals surface area contributed by atoms with E-state index < -0.39 is 0 Å². The first-order chi connectivity index (χ1) is 9.65. The van der Waals surface area contributed by atoms with Crippen LogP contribution in [-0.4, -0.2) is 24.5 Å². The maximum Gasteiger partial charge on any atom is 0.0485 e. The molecule has 2 N–H and O–H groups in total. The lowest BCUT2D eigenvalue weighted by Crippen LogP contribution is -2.40. The van der Waals surface area contributed by atoms with E-state index in [2.05, 4.69) is 11.8 Å². The van der Waals surface area contributed by atoms with Crippen LogP contribution in [-0.2, 0) is 0 Å². The number of benzene rings is 1. The van der Waals surface area contributed by atoms with Gasteiger partial charge in [-0.3, -0.25) is 4.90 Å². The number of nitrogens with two attached hydrogens (primary N) is 1. The highest BCUT2D eigenvalue weighted by atomic mass is 35.5. The summed E-state index contributed by atoms with van der Waals surface area (Å²) in [5.74, 6) is 0.885. The van der Waals surface area contributed by atoms with Crippen LogP contribution in [0.3, 0.4) is 0 Å². The molecule has 0 amide bonds. The summed E-state index contributed by atoms with van der Waals surface area (Å²) in [5, 5.41) is 1.40. The van der Waals surface area contributed by atoms with Crippen molar-refractivity contribution in [2.24, 2.45) is 11.7 Å². The maximum absolute atomic E-state index is 6.33. The van der Waals surface area contributed by atoms with Crippen LogP contribution in [0.1, 0.15) is 44.2 Å². The Labute approximate surface area is 132 Å². The molecule has 112 valence electrons. The Morgan fingerprint density at radius 1 is 1.30 bits per heavy atom. The predicted molar refractivity (Wildman–Crippen MR) is 87.5 cm³/mol. The van der Waals surface area contributed by atoms with E-state index in [4.69, 9.17) is 28.9 Å². The Bertz CT molecular complexity index is 428. The fourth-order valence-corrected chi connectivity index (χ4v) is 3.74. The topological polar surface area (TPSA) is 29.3 Å². The summed E-state index contributed by atoms with van der Waals surface area (Å²) in [6.45, 7) is 5.10. The van der Waals surface area contributed by atoms with Crippen molar-refractivity contribution in [3.63, 3.8) is 0 Å². The molecule has 1 aromatic carbocycles. The zero-order valence-corrected chi connectivity index (χ0v) is 13.6. The van der Waals surface area contributed by atoms with Gasteiger partial charge in [-0.1, -0.05) is 49.0 Å². The number of halogens is 2. The summed E-state index contributed by atoms with van der Waals surface area (Å²) >= 11 is 12.3. The van der Waals surface area contributed by atoms with Gasteiger partial charge < -0.3 is 5.73 Å². The molecule has 0 aromatic heterocycles. The molecule has 20 heavy (non-hydrogen) atoms. The van der Waals surface area contributed by atoms with Crippen LogP contribution < -0.4 is 5.73 Å². The zero-order valence-electron chi connectivity index (χ0n) is 12.1. The van der Waals surface area contributed by atoms with E-state index in [1.807, 2.05) is 18.2 Å². The van der Waals surface area contributed by atoms with E-state index in [9.17, 15) is 0 Å². The molecule has 1 unspecified atom stereocenters. The van der Waals surface area contributed by atoms with Crippen LogP contribution in [0.25, 0.3) is 0 Å². The van der Waals surface area contributed by atoms with Gasteiger partial charge in [-0.05, 0) is 49.5 Å². The van der Waals surface area contributed by atoms with Crippen molar-refractivity contribution in [3.05, 3.63) is 33.8 Å². The van der Waals surface area contributed by atoms with Gasteiger partial charge in [0.2, 0.25) is 0 Å². The molecule has 4 heteroatoms. The summed E-state index contributed by atoms with van der Waals surface area (Å²) in [6.07, 6.45) is 5.18. The highest BCUT2D eigenvalue weighted by Gasteiger charge is 2.26. The van der Waals surface area contributed by atoms with Crippen LogP contribution >= 0.6 is 23.2 Å². The van der Waals surface area contributed by atoms with Gasteiger partial charge in [-0.25, -0.2) is 0 Å². The van der Waals surface area contributed by atoms with Gasteiger partial charge in [0.25, 0.3) is 0 Å². The third kappa shape index (κ3) is 3.88. The Morgan fingerprint density at radius 2 is 2.00 bits per heavy atom. The molecule has 1 fully saturated rings. The second kappa shape index (κ2) is 7.65. The van der Waals surface area contributed by atoms with Gasteiger partial charge in [0.1, 0.15) is 0 Å². The minimum atomic E-state index is 0.211. The number of nitrogens with zero attached hydrogens (tertiary/aromatic N) is 1. The third-order valence-corrected chi connectivity index (χ3v) is 4.89.